The molecule has 2 N–H and O–H groups in total. The van der Waals surface area contributed by atoms with E-state index in [0.29, 0.717) is 10.5 Å². The van der Waals surface area contributed by atoms with Gasteiger partial charge in [-0.1, -0.05) is 0 Å². The number of benzene rings is 1. The predicted octanol–water partition coefficient (Wildman–Crippen LogP) is 2.38. The van der Waals surface area contributed by atoms with E-state index in [9.17, 15) is 0 Å². The molecular weight excluding hydrogens is 266 g/mol. The van der Waals surface area contributed by atoms with Crippen molar-refractivity contribution >= 4 is 45.8 Å². The highest BCUT2D eigenvalue weighted by Gasteiger charge is 2.25. The highest BCUT2D eigenvalue weighted by molar-refractivity contribution is 8.16. The van der Waals surface area contributed by atoms with Crippen molar-refractivity contribution in [3.05, 3.63) is 24.3 Å². The third-order valence-electron chi connectivity index (χ3n) is 3.40. The summed E-state index contributed by atoms with van der Waals surface area (Å²) in [5.74, 6) is 1.01. The van der Waals surface area contributed by atoms with Gasteiger partial charge < -0.3 is 10.6 Å². The van der Waals surface area contributed by atoms with Gasteiger partial charge >= 0.3 is 0 Å². The van der Waals surface area contributed by atoms with E-state index in [2.05, 4.69) is 27.4 Å². The Kier molecular flexibility index (Phi) is 4.30. The second kappa shape index (κ2) is 5.76. The van der Waals surface area contributed by atoms with E-state index in [1.165, 1.54) is 12.1 Å². The topological polar surface area (TPSA) is 41.6 Å². The van der Waals surface area contributed by atoms with E-state index in [1.807, 2.05) is 18.3 Å². The summed E-state index contributed by atoms with van der Waals surface area (Å²) in [5.41, 5.74) is 7.85. The van der Waals surface area contributed by atoms with E-state index in [-0.39, 0.29) is 12.4 Å². The van der Waals surface area contributed by atoms with Crippen molar-refractivity contribution in [1.29, 1.82) is 0 Å². The Morgan fingerprint density at radius 3 is 2.72 bits per heavy atom. The minimum Gasteiger partial charge on any atom is -0.399 e. The molecule has 98 valence electrons. The van der Waals surface area contributed by atoms with Crippen LogP contribution in [0.1, 0.15) is 6.42 Å². The van der Waals surface area contributed by atoms with Crippen LogP contribution in [-0.2, 0) is 0 Å². The van der Waals surface area contributed by atoms with Gasteiger partial charge in [0.25, 0.3) is 0 Å². The number of nitrogens with zero attached hydrogens (tertiary/aromatic N) is 2. The van der Waals surface area contributed by atoms with Gasteiger partial charge in [-0.25, -0.2) is 0 Å². The lowest BCUT2D eigenvalue weighted by Crippen LogP contribution is -2.20. The number of hydrogen-bond acceptors (Lipinski definition) is 3. The lowest BCUT2D eigenvalue weighted by molar-refractivity contribution is 0.964. The molecule has 2 unspecified atom stereocenters. The highest BCUT2D eigenvalue weighted by atomic mass is 35.5. The third kappa shape index (κ3) is 2.70. The van der Waals surface area contributed by atoms with Crippen molar-refractivity contribution in [2.45, 2.75) is 11.7 Å². The maximum absolute atomic E-state index is 5.71. The Morgan fingerprint density at radius 1 is 1.28 bits per heavy atom. The molecule has 1 aromatic carbocycles. The van der Waals surface area contributed by atoms with Crippen LogP contribution >= 0.6 is 22.9 Å². The Morgan fingerprint density at radius 2 is 2.06 bits per heavy atom. The monoisotopic (exact) mass is 283 g/mol. The molecule has 0 saturated carbocycles. The SMILES string of the molecule is Cl.Nc1ccc(N2CCC(S3=CC=NC3)C2)cc1. The van der Waals surface area contributed by atoms with E-state index < -0.39 is 0 Å². The standard InChI is InChI=1S/C13H17N3S.ClH/c14-11-1-3-12(4-2-11)16-7-5-13(9-16)17-8-6-15-10-17;/h1-4,6,8,13H,5,7,9-10,14H2;1H. The van der Waals surface area contributed by atoms with Crippen molar-refractivity contribution in [2.24, 2.45) is 4.99 Å². The maximum Gasteiger partial charge on any atom is 0.0800 e. The molecule has 0 aliphatic carbocycles. The first-order valence-electron chi connectivity index (χ1n) is 5.95. The molecule has 2 heterocycles. The summed E-state index contributed by atoms with van der Waals surface area (Å²) in [6, 6.07) is 8.21. The van der Waals surface area contributed by atoms with Gasteiger partial charge in [0.2, 0.25) is 0 Å². The number of nitrogens with two attached hydrogens (primary N) is 1. The van der Waals surface area contributed by atoms with Crippen molar-refractivity contribution in [3.63, 3.8) is 0 Å². The zero-order chi connectivity index (χ0) is 11.7. The van der Waals surface area contributed by atoms with Gasteiger partial charge in [-0.3, -0.25) is 4.99 Å². The van der Waals surface area contributed by atoms with Gasteiger partial charge in [0.1, 0.15) is 0 Å². The largest absolute Gasteiger partial charge is 0.399 e. The molecular formula is C13H18ClN3S. The molecule has 0 amide bonds. The van der Waals surface area contributed by atoms with Crippen LogP contribution in [0.3, 0.4) is 0 Å². The van der Waals surface area contributed by atoms with E-state index in [0.717, 1.165) is 29.9 Å². The molecule has 3 rings (SSSR count). The first-order valence-corrected chi connectivity index (χ1v) is 7.47. The highest BCUT2D eigenvalue weighted by Crippen LogP contribution is 2.32. The Labute approximate surface area is 116 Å². The van der Waals surface area contributed by atoms with Crippen LogP contribution in [-0.4, -0.2) is 35.8 Å². The molecule has 1 aromatic rings. The van der Waals surface area contributed by atoms with Gasteiger partial charge in [-0.2, -0.15) is 10.5 Å². The Bertz CT molecular complexity index is 470. The second-order valence-corrected chi connectivity index (χ2v) is 6.65. The number of aliphatic imine (C=N–C) groups is 1. The molecule has 18 heavy (non-hydrogen) atoms. The summed E-state index contributed by atoms with van der Waals surface area (Å²) in [6.45, 7) is 2.32. The van der Waals surface area contributed by atoms with Crippen LogP contribution in [0.15, 0.2) is 29.3 Å². The van der Waals surface area contributed by atoms with Crippen LogP contribution in [0.25, 0.3) is 0 Å². The first-order chi connectivity index (χ1) is 8.33. The fraction of sp³-hybridized carbons (Fsp3) is 0.385. The van der Waals surface area contributed by atoms with Gasteiger partial charge in [0.05, 0.1) is 5.88 Å². The third-order valence-corrected chi connectivity index (χ3v) is 5.56. The Balaban J connectivity index is 0.00000120. The van der Waals surface area contributed by atoms with Crippen LogP contribution in [0.5, 0.6) is 0 Å². The molecule has 2 atom stereocenters. The zero-order valence-electron chi connectivity index (χ0n) is 10.2. The van der Waals surface area contributed by atoms with Crippen molar-refractivity contribution in [3.8, 4) is 0 Å². The number of anilines is 2. The lowest BCUT2D eigenvalue weighted by Gasteiger charge is -2.19. The van der Waals surface area contributed by atoms with Gasteiger partial charge in [-0.15, -0.1) is 12.4 Å². The summed E-state index contributed by atoms with van der Waals surface area (Å²) in [5, 5.41) is 3.08. The fourth-order valence-electron chi connectivity index (χ4n) is 2.40. The molecule has 1 fully saturated rings. The van der Waals surface area contributed by atoms with E-state index in [4.69, 9.17) is 5.73 Å². The first kappa shape index (κ1) is 13.4. The Hall–Kier alpha value is -1.00. The summed E-state index contributed by atoms with van der Waals surface area (Å²) in [7, 11) is 0.385. The summed E-state index contributed by atoms with van der Waals surface area (Å²) < 4.78 is 0. The molecule has 2 aliphatic heterocycles. The van der Waals surface area contributed by atoms with E-state index in [1.54, 1.807) is 0 Å². The van der Waals surface area contributed by atoms with Crippen LogP contribution in [0.4, 0.5) is 11.4 Å². The summed E-state index contributed by atoms with van der Waals surface area (Å²) in [6.07, 6.45) is 3.27. The molecule has 0 bridgehead atoms. The minimum atomic E-state index is 0. The molecule has 2 aliphatic rings. The van der Waals surface area contributed by atoms with Crippen LogP contribution < -0.4 is 10.6 Å². The average molecular weight is 284 g/mol. The number of halogens is 1. The fourth-order valence-corrected chi connectivity index (χ4v) is 4.20. The molecule has 0 radical (unpaired) electrons. The minimum absolute atomic E-state index is 0. The van der Waals surface area contributed by atoms with Crippen molar-refractivity contribution < 1.29 is 0 Å². The summed E-state index contributed by atoms with van der Waals surface area (Å²) in [4.78, 5) is 6.78. The maximum atomic E-state index is 5.71. The van der Waals surface area contributed by atoms with Gasteiger partial charge in [-0.05, 0) is 36.1 Å². The van der Waals surface area contributed by atoms with Crippen LogP contribution in [0, 0.1) is 0 Å². The van der Waals surface area contributed by atoms with Crippen LogP contribution in [0.2, 0.25) is 0 Å². The van der Waals surface area contributed by atoms with E-state index >= 15 is 0 Å². The number of hydrogen-bond donors (Lipinski definition) is 1. The average Bonchev–Trinajstić information content (AvgIpc) is 3.00. The van der Waals surface area contributed by atoms with Crippen molar-refractivity contribution in [1.82, 2.24) is 0 Å². The predicted molar refractivity (Wildman–Crippen MR) is 85.7 cm³/mol. The van der Waals surface area contributed by atoms with Gasteiger partial charge in [0.15, 0.2) is 0 Å². The normalized spacial score (nSPS) is 25.9. The molecule has 5 heteroatoms. The molecule has 3 nitrogen and oxygen atoms in total. The number of rotatable bonds is 2. The van der Waals surface area contributed by atoms with Gasteiger partial charge in [0, 0.05) is 35.9 Å². The zero-order valence-corrected chi connectivity index (χ0v) is 11.8. The smallest absolute Gasteiger partial charge is 0.0800 e. The van der Waals surface area contributed by atoms with Crippen molar-refractivity contribution in [2.75, 3.05) is 29.6 Å². The molecule has 0 aromatic heterocycles. The lowest BCUT2D eigenvalue weighted by atomic mass is 10.2. The number of nitrogen functional groups attached to an aromatic ring is 1. The molecule has 0 spiro atoms. The molecule has 1 saturated heterocycles. The summed E-state index contributed by atoms with van der Waals surface area (Å²) >= 11 is 0. The second-order valence-electron chi connectivity index (χ2n) is 4.51. The quantitative estimate of drug-likeness (QED) is 0.669.